The van der Waals surface area contributed by atoms with Crippen molar-refractivity contribution in [2.24, 2.45) is 0 Å². The first kappa shape index (κ1) is 12.7. The molecule has 0 aromatic heterocycles. The van der Waals surface area contributed by atoms with Gasteiger partial charge >= 0.3 is 0 Å². The summed E-state index contributed by atoms with van der Waals surface area (Å²) in [6.45, 7) is 2.94. The van der Waals surface area contributed by atoms with Gasteiger partial charge in [0.1, 0.15) is 5.75 Å². The van der Waals surface area contributed by atoms with Gasteiger partial charge < -0.3 is 10.4 Å². The van der Waals surface area contributed by atoms with E-state index < -0.39 is 0 Å². The lowest BCUT2D eigenvalue weighted by atomic mass is 9.96. The van der Waals surface area contributed by atoms with Gasteiger partial charge in [-0.25, -0.2) is 0 Å². The van der Waals surface area contributed by atoms with Crippen molar-refractivity contribution in [3.8, 4) is 16.9 Å². The maximum absolute atomic E-state index is 10.1. The number of nitrogens with one attached hydrogen (secondary N) is 1. The SMILES string of the molecule is CCc1ccccc1-c1cc(CNC)ccc1O. The van der Waals surface area contributed by atoms with Crippen molar-refractivity contribution >= 4 is 0 Å². The van der Waals surface area contributed by atoms with Gasteiger partial charge in [0.25, 0.3) is 0 Å². The van der Waals surface area contributed by atoms with Crippen molar-refractivity contribution in [2.45, 2.75) is 19.9 Å². The third-order valence-corrected chi connectivity index (χ3v) is 3.13. The molecule has 94 valence electrons. The Hall–Kier alpha value is -1.80. The average molecular weight is 241 g/mol. The second-order valence-corrected chi connectivity index (χ2v) is 4.39. The highest BCUT2D eigenvalue weighted by Crippen LogP contribution is 2.32. The summed E-state index contributed by atoms with van der Waals surface area (Å²) in [5, 5.41) is 13.2. The lowest BCUT2D eigenvalue weighted by Gasteiger charge is -2.11. The highest BCUT2D eigenvalue weighted by molar-refractivity contribution is 5.73. The fraction of sp³-hybridized carbons (Fsp3) is 0.250. The fourth-order valence-electron chi connectivity index (χ4n) is 2.20. The molecule has 0 radical (unpaired) electrons. The van der Waals surface area contributed by atoms with Gasteiger partial charge in [0.2, 0.25) is 0 Å². The molecule has 0 aliphatic rings. The third-order valence-electron chi connectivity index (χ3n) is 3.13. The van der Waals surface area contributed by atoms with Crippen LogP contribution < -0.4 is 5.32 Å². The molecule has 2 N–H and O–H groups in total. The zero-order valence-electron chi connectivity index (χ0n) is 10.9. The Labute approximate surface area is 108 Å². The van der Waals surface area contributed by atoms with Gasteiger partial charge in [-0.15, -0.1) is 0 Å². The predicted molar refractivity (Wildman–Crippen MR) is 75.7 cm³/mol. The molecule has 2 aromatic rings. The minimum atomic E-state index is 0.343. The zero-order chi connectivity index (χ0) is 13.0. The van der Waals surface area contributed by atoms with Crippen molar-refractivity contribution in [3.63, 3.8) is 0 Å². The highest BCUT2D eigenvalue weighted by atomic mass is 16.3. The molecule has 0 atom stereocenters. The maximum Gasteiger partial charge on any atom is 0.123 e. The Morgan fingerprint density at radius 1 is 1.06 bits per heavy atom. The number of rotatable bonds is 4. The van der Waals surface area contributed by atoms with Crippen LogP contribution in [0.3, 0.4) is 0 Å². The van der Waals surface area contributed by atoms with Crippen molar-refractivity contribution in [1.82, 2.24) is 5.32 Å². The zero-order valence-corrected chi connectivity index (χ0v) is 10.9. The number of hydrogen-bond donors (Lipinski definition) is 2. The molecule has 0 saturated carbocycles. The first-order valence-electron chi connectivity index (χ1n) is 6.31. The minimum Gasteiger partial charge on any atom is -0.507 e. The van der Waals surface area contributed by atoms with Crippen LogP contribution >= 0.6 is 0 Å². The van der Waals surface area contributed by atoms with E-state index >= 15 is 0 Å². The molecule has 0 unspecified atom stereocenters. The topological polar surface area (TPSA) is 32.3 Å². The van der Waals surface area contributed by atoms with Gasteiger partial charge in [0, 0.05) is 12.1 Å². The van der Waals surface area contributed by atoms with E-state index in [0.29, 0.717) is 5.75 Å². The molecule has 0 heterocycles. The normalized spacial score (nSPS) is 10.6. The van der Waals surface area contributed by atoms with E-state index in [2.05, 4.69) is 30.4 Å². The summed E-state index contributed by atoms with van der Waals surface area (Å²) in [5.41, 5.74) is 4.47. The van der Waals surface area contributed by atoms with Gasteiger partial charge in [-0.1, -0.05) is 37.3 Å². The van der Waals surface area contributed by atoms with Crippen LogP contribution in [0.25, 0.3) is 11.1 Å². The number of phenols is 1. The first-order chi connectivity index (χ1) is 8.76. The molecule has 0 spiro atoms. The highest BCUT2D eigenvalue weighted by Gasteiger charge is 2.08. The summed E-state index contributed by atoms with van der Waals surface area (Å²) >= 11 is 0. The Morgan fingerprint density at radius 3 is 2.56 bits per heavy atom. The smallest absolute Gasteiger partial charge is 0.123 e. The first-order valence-corrected chi connectivity index (χ1v) is 6.31. The Bertz CT molecular complexity index is 534. The largest absolute Gasteiger partial charge is 0.507 e. The second-order valence-electron chi connectivity index (χ2n) is 4.39. The molecule has 0 saturated heterocycles. The third kappa shape index (κ3) is 2.54. The van der Waals surface area contributed by atoms with E-state index in [0.717, 1.165) is 24.1 Å². The molecular formula is C16H19NO. The molecular weight excluding hydrogens is 222 g/mol. The minimum absolute atomic E-state index is 0.343. The Balaban J connectivity index is 2.51. The Kier molecular flexibility index (Phi) is 4.00. The van der Waals surface area contributed by atoms with Crippen molar-refractivity contribution in [1.29, 1.82) is 0 Å². The molecule has 0 bridgehead atoms. The summed E-state index contributed by atoms with van der Waals surface area (Å²) in [5.74, 6) is 0.343. The Morgan fingerprint density at radius 2 is 1.83 bits per heavy atom. The molecule has 2 heteroatoms. The lowest BCUT2D eigenvalue weighted by Crippen LogP contribution is -2.04. The van der Waals surface area contributed by atoms with Crippen LogP contribution in [0.5, 0.6) is 5.75 Å². The van der Waals surface area contributed by atoms with Crippen molar-refractivity contribution in [2.75, 3.05) is 7.05 Å². The lowest BCUT2D eigenvalue weighted by molar-refractivity contribution is 0.477. The summed E-state index contributed by atoms with van der Waals surface area (Å²) in [6.07, 6.45) is 0.964. The van der Waals surface area contributed by atoms with Crippen LogP contribution in [0.4, 0.5) is 0 Å². The molecule has 0 amide bonds. The van der Waals surface area contributed by atoms with Crippen LogP contribution in [0.2, 0.25) is 0 Å². The molecule has 18 heavy (non-hydrogen) atoms. The average Bonchev–Trinajstić information content (AvgIpc) is 2.41. The van der Waals surface area contributed by atoms with Gasteiger partial charge in [-0.05, 0) is 42.3 Å². The number of benzene rings is 2. The maximum atomic E-state index is 10.1. The van der Waals surface area contributed by atoms with Crippen molar-refractivity contribution < 1.29 is 5.11 Å². The molecule has 0 aliphatic heterocycles. The second kappa shape index (κ2) is 5.69. The predicted octanol–water partition coefficient (Wildman–Crippen LogP) is 3.34. The summed E-state index contributed by atoms with van der Waals surface area (Å²) in [7, 11) is 1.92. The molecule has 2 aromatic carbocycles. The fourth-order valence-corrected chi connectivity index (χ4v) is 2.20. The number of hydrogen-bond acceptors (Lipinski definition) is 2. The van der Waals surface area contributed by atoms with Gasteiger partial charge in [-0.2, -0.15) is 0 Å². The van der Waals surface area contributed by atoms with Gasteiger partial charge in [0.15, 0.2) is 0 Å². The van der Waals surface area contributed by atoms with Crippen molar-refractivity contribution in [3.05, 3.63) is 53.6 Å². The number of phenolic OH excluding ortho intramolecular Hbond substituents is 1. The number of aryl methyl sites for hydroxylation is 1. The van der Waals surface area contributed by atoms with E-state index in [-0.39, 0.29) is 0 Å². The van der Waals surface area contributed by atoms with Gasteiger partial charge in [0.05, 0.1) is 0 Å². The molecule has 0 fully saturated rings. The number of aromatic hydroxyl groups is 1. The van der Waals surface area contributed by atoms with Crippen LogP contribution in [0.15, 0.2) is 42.5 Å². The van der Waals surface area contributed by atoms with E-state index in [1.54, 1.807) is 6.07 Å². The van der Waals surface area contributed by atoms with E-state index in [9.17, 15) is 5.11 Å². The van der Waals surface area contributed by atoms with E-state index in [4.69, 9.17) is 0 Å². The van der Waals surface area contributed by atoms with E-state index in [1.165, 1.54) is 11.1 Å². The van der Waals surface area contributed by atoms with Gasteiger partial charge in [-0.3, -0.25) is 0 Å². The van der Waals surface area contributed by atoms with Crippen LogP contribution in [0.1, 0.15) is 18.1 Å². The summed E-state index contributed by atoms with van der Waals surface area (Å²) < 4.78 is 0. The monoisotopic (exact) mass is 241 g/mol. The standard InChI is InChI=1S/C16H19NO/c1-3-13-6-4-5-7-14(13)15-10-12(11-17-2)8-9-16(15)18/h4-10,17-18H,3,11H2,1-2H3. The summed E-state index contributed by atoms with van der Waals surface area (Å²) in [4.78, 5) is 0. The van der Waals surface area contributed by atoms with Crippen LogP contribution in [-0.4, -0.2) is 12.2 Å². The van der Waals surface area contributed by atoms with E-state index in [1.807, 2.05) is 25.2 Å². The van der Waals surface area contributed by atoms with Crippen LogP contribution in [-0.2, 0) is 13.0 Å². The molecule has 0 aliphatic carbocycles. The summed E-state index contributed by atoms with van der Waals surface area (Å²) in [6, 6.07) is 14.0. The molecule has 2 nitrogen and oxygen atoms in total. The quantitative estimate of drug-likeness (QED) is 0.860. The van der Waals surface area contributed by atoms with Crippen LogP contribution in [0, 0.1) is 0 Å². The molecule has 2 rings (SSSR count).